The van der Waals surface area contributed by atoms with Gasteiger partial charge in [-0.2, -0.15) is 15.0 Å². The van der Waals surface area contributed by atoms with Crippen molar-refractivity contribution in [3.05, 3.63) is 45.8 Å². The van der Waals surface area contributed by atoms with E-state index in [-0.39, 0.29) is 17.7 Å². The Balaban J connectivity index is 1.68. The van der Waals surface area contributed by atoms with Crippen molar-refractivity contribution in [1.82, 2.24) is 19.9 Å². The topological polar surface area (TPSA) is 103 Å². The van der Waals surface area contributed by atoms with Crippen LogP contribution in [0.4, 0.5) is 10.5 Å². The summed E-state index contributed by atoms with van der Waals surface area (Å²) in [7, 11) is 0. The average Bonchev–Trinajstić information content (AvgIpc) is 2.93. The van der Waals surface area contributed by atoms with Crippen molar-refractivity contribution in [1.29, 1.82) is 0 Å². The lowest BCUT2D eigenvalue weighted by atomic mass is 9.98. The first-order chi connectivity index (χ1) is 12.1. The molecule has 0 saturated carbocycles. The van der Waals surface area contributed by atoms with Gasteiger partial charge in [-0.3, -0.25) is 10.1 Å². The quantitative estimate of drug-likeness (QED) is 0.616. The number of nitro groups is 1. The first kappa shape index (κ1) is 17.8. The van der Waals surface area contributed by atoms with Crippen molar-refractivity contribution < 1.29 is 14.5 Å². The van der Waals surface area contributed by atoms with Gasteiger partial charge in [0.15, 0.2) is 0 Å². The van der Waals surface area contributed by atoms with E-state index in [0.717, 1.165) is 5.69 Å². The molecule has 0 bridgehead atoms. The standard InChI is InChI=1S/C17H21N5O4/c1-11-5-6-13(7-15(11)22(24)25)21-18-8-14(19-21)12-9-20(10-12)16(23)26-17(2,3)4/h5-8,12H,9-10H2,1-4H3. The van der Waals surface area contributed by atoms with E-state index >= 15 is 0 Å². The highest BCUT2D eigenvalue weighted by Gasteiger charge is 2.36. The monoisotopic (exact) mass is 359 g/mol. The second kappa shape index (κ2) is 6.40. The van der Waals surface area contributed by atoms with Gasteiger partial charge in [0.1, 0.15) is 5.60 Å². The molecule has 9 heteroatoms. The van der Waals surface area contributed by atoms with Crippen LogP contribution in [0, 0.1) is 17.0 Å². The molecule has 3 rings (SSSR count). The van der Waals surface area contributed by atoms with Gasteiger partial charge in [-0.05, 0) is 33.8 Å². The molecule has 1 amide bonds. The van der Waals surface area contributed by atoms with Gasteiger partial charge in [-0.25, -0.2) is 4.79 Å². The van der Waals surface area contributed by atoms with Crippen molar-refractivity contribution in [3.8, 4) is 5.69 Å². The summed E-state index contributed by atoms with van der Waals surface area (Å²) in [4.78, 5) is 25.6. The van der Waals surface area contributed by atoms with Crippen LogP contribution in [0.25, 0.3) is 5.69 Å². The minimum absolute atomic E-state index is 0.0288. The van der Waals surface area contributed by atoms with Gasteiger partial charge in [-0.1, -0.05) is 6.07 Å². The van der Waals surface area contributed by atoms with E-state index < -0.39 is 10.5 Å². The zero-order valence-electron chi connectivity index (χ0n) is 15.2. The Bertz CT molecular complexity index is 849. The van der Waals surface area contributed by atoms with Crippen LogP contribution in [0.2, 0.25) is 0 Å². The first-order valence-corrected chi connectivity index (χ1v) is 8.29. The molecule has 0 radical (unpaired) electrons. The Labute approximate surface area is 150 Å². The number of ether oxygens (including phenoxy) is 1. The summed E-state index contributed by atoms with van der Waals surface area (Å²) in [6.07, 6.45) is 1.29. The number of carbonyl (C=O) groups excluding carboxylic acids is 1. The average molecular weight is 359 g/mol. The maximum atomic E-state index is 12.0. The van der Waals surface area contributed by atoms with Crippen LogP contribution in [-0.2, 0) is 4.74 Å². The number of hydrogen-bond acceptors (Lipinski definition) is 6. The number of nitro benzene ring substituents is 1. The van der Waals surface area contributed by atoms with Gasteiger partial charge >= 0.3 is 6.09 Å². The maximum absolute atomic E-state index is 12.0. The van der Waals surface area contributed by atoms with Crippen LogP contribution >= 0.6 is 0 Å². The Morgan fingerprint density at radius 3 is 2.65 bits per heavy atom. The lowest BCUT2D eigenvalue weighted by Crippen LogP contribution is -2.50. The number of amides is 1. The van der Waals surface area contributed by atoms with Crippen LogP contribution in [0.5, 0.6) is 0 Å². The molecule has 26 heavy (non-hydrogen) atoms. The molecule has 1 aromatic heterocycles. The summed E-state index contributed by atoms with van der Waals surface area (Å²) in [5, 5.41) is 19.7. The number of aryl methyl sites for hydroxylation is 1. The Kier molecular flexibility index (Phi) is 4.39. The second-order valence-corrected chi connectivity index (χ2v) is 7.37. The van der Waals surface area contributed by atoms with Crippen molar-refractivity contribution in [2.75, 3.05) is 13.1 Å². The predicted octanol–water partition coefficient (Wildman–Crippen LogP) is 2.82. The van der Waals surface area contributed by atoms with E-state index in [1.54, 1.807) is 30.2 Å². The summed E-state index contributed by atoms with van der Waals surface area (Å²) in [5.74, 6) is 0.0803. The van der Waals surface area contributed by atoms with E-state index in [4.69, 9.17) is 4.74 Å². The Morgan fingerprint density at radius 2 is 2.04 bits per heavy atom. The number of likely N-dealkylation sites (tertiary alicyclic amines) is 1. The van der Waals surface area contributed by atoms with Crippen LogP contribution in [0.3, 0.4) is 0 Å². The first-order valence-electron chi connectivity index (χ1n) is 8.29. The minimum Gasteiger partial charge on any atom is -0.444 e. The molecule has 0 N–H and O–H groups in total. The van der Waals surface area contributed by atoms with Gasteiger partial charge in [0.05, 0.1) is 22.5 Å². The number of hydrogen-bond donors (Lipinski definition) is 0. The summed E-state index contributed by atoms with van der Waals surface area (Å²) in [6.45, 7) is 8.20. The number of benzene rings is 1. The van der Waals surface area contributed by atoms with E-state index in [1.165, 1.54) is 10.9 Å². The maximum Gasteiger partial charge on any atom is 0.410 e. The molecular formula is C17H21N5O4. The predicted molar refractivity (Wildman–Crippen MR) is 93.3 cm³/mol. The molecule has 1 aliphatic rings. The third-order valence-corrected chi connectivity index (χ3v) is 4.08. The number of aromatic nitrogens is 3. The van der Waals surface area contributed by atoms with Crippen LogP contribution < -0.4 is 0 Å². The Morgan fingerprint density at radius 1 is 1.35 bits per heavy atom. The molecule has 9 nitrogen and oxygen atoms in total. The third-order valence-electron chi connectivity index (χ3n) is 4.08. The lowest BCUT2D eigenvalue weighted by Gasteiger charge is -2.38. The lowest BCUT2D eigenvalue weighted by molar-refractivity contribution is -0.385. The fraction of sp³-hybridized carbons (Fsp3) is 0.471. The molecule has 2 heterocycles. The van der Waals surface area contributed by atoms with Gasteiger partial charge < -0.3 is 9.64 Å². The minimum atomic E-state index is -0.522. The summed E-state index contributed by atoms with van der Waals surface area (Å²) in [5.41, 5.74) is 1.36. The molecule has 0 aliphatic carbocycles. The fourth-order valence-electron chi connectivity index (χ4n) is 2.65. The van der Waals surface area contributed by atoms with Gasteiger partial charge in [0.25, 0.3) is 5.69 Å². The zero-order chi connectivity index (χ0) is 19.1. The molecule has 2 aromatic rings. The van der Waals surface area contributed by atoms with Crippen molar-refractivity contribution >= 4 is 11.8 Å². The Hall–Kier alpha value is -2.97. The van der Waals surface area contributed by atoms with Crippen molar-refractivity contribution in [2.45, 2.75) is 39.2 Å². The highest BCUT2D eigenvalue weighted by molar-refractivity contribution is 5.69. The van der Waals surface area contributed by atoms with Crippen LogP contribution in [-0.4, -0.2) is 49.6 Å². The third kappa shape index (κ3) is 3.66. The van der Waals surface area contributed by atoms with E-state index in [1.807, 2.05) is 20.8 Å². The molecule has 1 saturated heterocycles. The van der Waals surface area contributed by atoms with Crippen molar-refractivity contribution in [2.24, 2.45) is 0 Å². The number of nitrogens with zero attached hydrogens (tertiary/aromatic N) is 5. The van der Waals surface area contributed by atoms with E-state index in [9.17, 15) is 14.9 Å². The molecule has 1 aromatic carbocycles. The molecule has 0 unspecified atom stereocenters. The van der Waals surface area contributed by atoms with Gasteiger partial charge in [0.2, 0.25) is 0 Å². The highest BCUT2D eigenvalue weighted by Crippen LogP contribution is 2.27. The summed E-state index contributed by atoms with van der Waals surface area (Å²) >= 11 is 0. The molecular weight excluding hydrogens is 338 g/mol. The molecule has 138 valence electrons. The summed E-state index contributed by atoms with van der Waals surface area (Å²) < 4.78 is 5.33. The van der Waals surface area contributed by atoms with Crippen molar-refractivity contribution in [3.63, 3.8) is 0 Å². The number of rotatable bonds is 3. The highest BCUT2D eigenvalue weighted by atomic mass is 16.6. The zero-order valence-corrected chi connectivity index (χ0v) is 15.2. The SMILES string of the molecule is Cc1ccc(-n2ncc(C3CN(C(=O)OC(C)(C)C)C3)n2)cc1[N+](=O)[O-]. The normalized spacial score (nSPS) is 14.8. The smallest absolute Gasteiger partial charge is 0.410 e. The molecule has 1 fully saturated rings. The van der Waals surface area contributed by atoms with Crippen LogP contribution in [0.15, 0.2) is 24.4 Å². The molecule has 1 aliphatic heterocycles. The molecule has 0 atom stereocenters. The summed E-state index contributed by atoms with van der Waals surface area (Å²) in [6, 6.07) is 4.86. The second-order valence-electron chi connectivity index (χ2n) is 7.37. The fourth-order valence-corrected chi connectivity index (χ4v) is 2.65. The van der Waals surface area contributed by atoms with E-state index in [0.29, 0.717) is 24.3 Å². The molecule has 0 spiro atoms. The largest absolute Gasteiger partial charge is 0.444 e. The van der Waals surface area contributed by atoms with Crippen LogP contribution in [0.1, 0.15) is 37.9 Å². The number of carbonyl (C=O) groups is 1. The van der Waals surface area contributed by atoms with E-state index in [2.05, 4.69) is 10.2 Å². The van der Waals surface area contributed by atoms with Gasteiger partial charge in [0, 0.05) is 30.6 Å². The van der Waals surface area contributed by atoms with Gasteiger partial charge in [-0.15, -0.1) is 0 Å².